The Labute approximate surface area is 127 Å². The molecule has 2 rings (SSSR count). The molecule has 0 saturated carbocycles. The van der Waals surface area contributed by atoms with Crippen LogP contribution in [0.2, 0.25) is 0 Å². The summed E-state index contributed by atoms with van der Waals surface area (Å²) in [6, 6.07) is 8.86. The van der Waals surface area contributed by atoms with Crippen molar-refractivity contribution in [2.75, 3.05) is 19.4 Å². The highest BCUT2D eigenvalue weighted by Gasteiger charge is 2.28. The minimum Gasteiger partial charge on any atom is -0.373 e. The first kappa shape index (κ1) is 15.9. The van der Waals surface area contributed by atoms with Crippen molar-refractivity contribution < 1.29 is 4.74 Å². The van der Waals surface area contributed by atoms with E-state index in [1.807, 2.05) is 0 Å². The van der Waals surface area contributed by atoms with Crippen molar-refractivity contribution in [2.24, 2.45) is 5.92 Å². The lowest BCUT2D eigenvalue weighted by atomic mass is 9.89. The van der Waals surface area contributed by atoms with E-state index in [0.29, 0.717) is 5.92 Å². The number of benzene rings is 1. The van der Waals surface area contributed by atoms with Crippen LogP contribution in [0.1, 0.15) is 45.3 Å². The minimum atomic E-state index is 0.171. The monoisotopic (exact) mass is 293 g/mol. The highest BCUT2D eigenvalue weighted by Crippen LogP contribution is 2.34. The van der Waals surface area contributed by atoms with Gasteiger partial charge >= 0.3 is 0 Å². The molecule has 1 aliphatic heterocycles. The number of rotatable bonds is 4. The van der Waals surface area contributed by atoms with Crippen LogP contribution >= 0.6 is 11.8 Å². The summed E-state index contributed by atoms with van der Waals surface area (Å²) in [7, 11) is 0. The third kappa shape index (κ3) is 4.51. The van der Waals surface area contributed by atoms with Gasteiger partial charge in [0.25, 0.3) is 0 Å². The molecule has 1 aliphatic rings. The molecule has 0 aromatic heterocycles. The van der Waals surface area contributed by atoms with Crippen molar-refractivity contribution in [1.82, 2.24) is 5.32 Å². The Balaban J connectivity index is 2.05. The summed E-state index contributed by atoms with van der Waals surface area (Å²) in [5.41, 5.74) is 1.49. The highest BCUT2D eigenvalue weighted by atomic mass is 32.2. The molecule has 2 nitrogen and oxygen atoms in total. The second-order valence-electron chi connectivity index (χ2n) is 6.60. The largest absolute Gasteiger partial charge is 0.373 e. The molecule has 1 N–H and O–H groups in total. The van der Waals surface area contributed by atoms with E-state index >= 15 is 0 Å². The first-order valence-corrected chi connectivity index (χ1v) is 8.72. The molecule has 1 fully saturated rings. The molecule has 1 aromatic rings. The molecule has 0 radical (unpaired) electrons. The summed E-state index contributed by atoms with van der Waals surface area (Å²) in [5.74, 6) is 0.572. The van der Waals surface area contributed by atoms with Gasteiger partial charge in [0.1, 0.15) is 0 Å². The molecule has 1 aromatic carbocycles. The maximum absolute atomic E-state index is 6.07. The molecule has 0 aliphatic carbocycles. The Morgan fingerprint density at radius 2 is 1.95 bits per heavy atom. The maximum Gasteiger partial charge on any atom is 0.0865 e. The first-order chi connectivity index (χ1) is 9.49. The zero-order valence-electron chi connectivity index (χ0n) is 13.1. The molecule has 0 bridgehead atoms. The number of thioether (sulfide) groups is 1. The van der Waals surface area contributed by atoms with Gasteiger partial charge in [0.2, 0.25) is 0 Å². The predicted molar refractivity (Wildman–Crippen MR) is 87.4 cm³/mol. The first-order valence-electron chi connectivity index (χ1n) is 7.50. The van der Waals surface area contributed by atoms with Gasteiger partial charge in [0.05, 0.1) is 6.10 Å². The zero-order valence-corrected chi connectivity index (χ0v) is 13.9. The summed E-state index contributed by atoms with van der Waals surface area (Å²) < 4.78 is 6.07. The normalized spacial score (nSPS) is 23.8. The van der Waals surface area contributed by atoms with Gasteiger partial charge in [0.15, 0.2) is 0 Å². The number of hydrogen-bond donors (Lipinski definition) is 1. The van der Waals surface area contributed by atoms with Crippen molar-refractivity contribution in [2.45, 2.75) is 50.2 Å². The Morgan fingerprint density at radius 1 is 1.25 bits per heavy atom. The zero-order chi connectivity index (χ0) is 14.6. The predicted octanol–water partition coefficient (Wildman–Crippen LogP) is 4.26. The number of nitrogens with one attached hydrogen (secondary N) is 1. The fourth-order valence-corrected chi connectivity index (χ4v) is 3.06. The van der Waals surface area contributed by atoms with E-state index in [1.165, 1.54) is 23.3 Å². The van der Waals surface area contributed by atoms with Crippen molar-refractivity contribution in [3.05, 3.63) is 29.8 Å². The standard InChI is InChI=1S/C17H27NOS/c1-17(2,3)18-12-14-6-5-11-19-16(14)13-7-9-15(20-4)10-8-13/h7-10,14,16,18H,5-6,11-12H2,1-4H3. The van der Waals surface area contributed by atoms with E-state index in [0.717, 1.165) is 13.2 Å². The third-order valence-electron chi connectivity index (χ3n) is 3.78. The topological polar surface area (TPSA) is 21.3 Å². The average molecular weight is 293 g/mol. The molecule has 0 amide bonds. The molecule has 2 atom stereocenters. The second-order valence-corrected chi connectivity index (χ2v) is 7.48. The van der Waals surface area contributed by atoms with Crippen molar-refractivity contribution >= 4 is 11.8 Å². The molecule has 20 heavy (non-hydrogen) atoms. The van der Waals surface area contributed by atoms with Crippen molar-refractivity contribution in [1.29, 1.82) is 0 Å². The van der Waals surface area contributed by atoms with E-state index in [-0.39, 0.29) is 11.6 Å². The van der Waals surface area contributed by atoms with Gasteiger partial charge in [-0.15, -0.1) is 11.8 Å². The number of ether oxygens (including phenoxy) is 1. The Bertz CT molecular complexity index is 410. The van der Waals surface area contributed by atoms with Crippen LogP contribution in [0.5, 0.6) is 0 Å². The van der Waals surface area contributed by atoms with E-state index in [2.05, 4.69) is 56.6 Å². The van der Waals surface area contributed by atoms with Crippen LogP contribution in [-0.4, -0.2) is 24.9 Å². The summed E-state index contributed by atoms with van der Waals surface area (Å²) in [6.45, 7) is 8.58. The minimum absolute atomic E-state index is 0.171. The van der Waals surface area contributed by atoms with Gasteiger partial charge < -0.3 is 10.1 Å². The van der Waals surface area contributed by atoms with Crippen molar-refractivity contribution in [3.8, 4) is 0 Å². The van der Waals surface area contributed by atoms with E-state index in [1.54, 1.807) is 11.8 Å². The van der Waals surface area contributed by atoms with Gasteiger partial charge in [0, 0.05) is 29.5 Å². The Kier molecular flexibility index (Phi) is 5.53. The lowest BCUT2D eigenvalue weighted by Crippen LogP contribution is -2.41. The molecule has 1 saturated heterocycles. The second kappa shape index (κ2) is 6.97. The van der Waals surface area contributed by atoms with Gasteiger partial charge in [-0.3, -0.25) is 0 Å². The van der Waals surface area contributed by atoms with E-state index in [9.17, 15) is 0 Å². The molecular formula is C17H27NOS. The average Bonchev–Trinajstić information content (AvgIpc) is 2.45. The van der Waals surface area contributed by atoms with Gasteiger partial charge in [-0.2, -0.15) is 0 Å². The summed E-state index contributed by atoms with van der Waals surface area (Å²) in [5, 5.41) is 3.63. The Hall–Kier alpha value is -0.510. The quantitative estimate of drug-likeness (QED) is 0.838. The smallest absolute Gasteiger partial charge is 0.0865 e. The number of hydrogen-bond acceptors (Lipinski definition) is 3. The summed E-state index contributed by atoms with van der Waals surface area (Å²) in [4.78, 5) is 1.31. The lowest BCUT2D eigenvalue weighted by Gasteiger charge is -2.34. The Morgan fingerprint density at radius 3 is 2.55 bits per heavy atom. The van der Waals surface area contributed by atoms with Crippen LogP contribution in [-0.2, 0) is 4.74 Å². The van der Waals surface area contributed by atoms with Crippen LogP contribution in [0.25, 0.3) is 0 Å². The third-order valence-corrected chi connectivity index (χ3v) is 4.53. The van der Waals surface area contributed by atoms with Gasteiger partial charge in [-0.25, -0.2) is 0 Å². The molecule has 0 spiro atoms. The van der Waals surface area contributed by atoms with Crippen LogP contribution in [0, 0.1) is 5.92 Å². The van der Waals surface area contributed by atoms with Crippen LogP contribution in [0.4, 0.5) is 0 Å². The highest BCUT2D eigenvalue weighted by molar-refractivity contribution is 7.98. The maximum atomic E-state index is 6.07. The van der Waals surface area contributed by atoms with Gasteiger partial charge in [-0.05, 0) is 57.6 Å². The van der Waals surface area contributed by atoms with E-state index in [4.69, 9.17) is 4.74 Å². The van der Waals surface area contributed by atoms with Crippen LogP contribution in [0.3, 0.4) is 0 Å². The van der Waals surface area contributed by atoms with Crippen LogP contribution in [0.15, 0.2) is 29.2 Å². The SMILES string of the molecule is CSc1ccc(C2OCCCC2CNC(C)(C)C)cc1. The van der Waals surface area contributed by atoms with Crippen LogP contribution < -0.4 is 5.32 Å². The molecular weight excluding hydrogens is 266 g/mol. The van der Waals surface area contributed by atoms with Gasteiger partial charge in [-0.1, -0.05) is 12.1 Å². The molecule has 2 unspecified atom stereocenters. The fourth-order valence-electron chi connectivity index (χ4n) is 2.65. The fraction of sp³-hybridized carbons (Fsp3) is 0.647. The molecule has 1 heterocycles. The van der Waals surface area contributed by atoms with Crippen molar-refractivity contribution in [3.63, 3.8) is 0 Å². The molecule has 112 valence electrons. The lowest BCUT2D eigenvalue weighted by molar-refractivity contribution is -0.0292. The molecule has 3 heteroatoms. The summed E-state index contributed by atoms with van der Waals surface area (Å²) in [6.07, 6.45) is 4.78. The van der Waals surface area contributed by atoms with E-state index < -0.39 is 0 Å². The summed E-state index contributed by atoms with van der Waals surface area (Å²) >= 11 is 1.79.